The number of amides is 1. The molecular formula is C23H30N2O3. The topological polar surface area (TPSA) is 50.8 Å². The van der Waals surface area contributed by atoms with Crippen molar-refractivity contribution in [3.63, 3.8) is 0 Å². The smallest absolute Gasteiger partial charge is 0.261 e. The van der Waals surface area contributed by atoms with E-state index in [2.05, 4.69) is 34.5 Å². The number of nitrogens with zero attached hydrogens (tertiary/aromatic N) is 1. The van der Waals surface area contributed by atoms with E-state index < -0.39 is 6.10 Å². The summed E-state index contributed by atoms with van der Waals surface area (Å²) in [4.78, 5) is 15.0. The Hall–Kier alpha value is -2.69. The van der Waals surface area contributed by atoms with E-state index in [1.54, 1.807) is 7.11 Å². The van der Waals surface area contributed by atoms with Crippen molar-refractivity contribution >= 4 is 11.6 Å². The van der Waals surface area contributed by atoms with Gasteiger partial charge in [0.1, 0.15) is 11.5 Å². The van der Waals surface area contributed by atoms with Gasteiger partial charge in [-0.1, -0.05) is 19.1 Å². The van der Waals surface area contributed by atoms with E-state index >= 15 is 0 Å². The Balaban J connectivity index is 1.51. The molecule has 0 spiro atoms. The third kappa shape index (κ3) is 5.41. The molecule has 1 aliphatic heterocycles. The first-order valence-corrected chi connectivity index (χ1v) is 10.1. The van der Waals surface area contributed by atoms with Crippen molar-refractivity contribution < 1.29 is 14.3 Å². The lowest BCUT2D eigenvalue weighted by Gasteiger charge is -2.28. The van der Waals surface area contributed by atoms with Crippen molar-refractivity contribution in [2.24, 2.45) is 0 Å². The molecule has 1 amide bonds. The van der Waals surface area contributed by atoms with Crippen LogP contribution in [-0.4, -0.2) is 32.2 Å². The predicted octanol–water partition coefficient (Wildman–Crippen LogP) is 4.16. The number of piperidine rings is 1. The normalized spacial score (nSPS) is 15.0. The number of benzene rings is 2. The van der Waals surface area contributed by atoms with Crippen LogP contribution in [0.25, 0.3) is 0 Å². The van der Waals surface area contributed by atoms with Crippen LogP contribution in [-0.2, 0) is 11.3 Å². The van der Waals surface area contributed by atoms with Crippen LogP contribution in [0.15, 0.2) is 48.5 Å². The molecule has 2 aromatic carbocycles. The highest BCUT2D eigenvalue weighted by Gasteiger charge is 2.18. The fourth-order valence-electron chi connectivity index (χ4n) is 3.42. The molecule has 28 heavy (non-hydrogen) atoms. The van der Waals surface area contributed by atoms with Gasteiger partial charge in [0.15, 0.2) is 6.10 Å². The van der Waals surface area contributed by atoms with E-state index in [9.17, 15) is 4.79 Å². The molecule has 0 radical (unpaired) electrons. The molecule has 2 aromatic rings. The number of nitrogens with one attached hydrogen (secondary N) is 1. The van der Waals surface area contributed by atoms with Gasteiger partial charge in [0.25, 0.3) is 5.91 Å². The van der Waals surface area contributed by atoms with Gasteiger partial charge in [-0.25, -0.2) is 0 Å². The summed E-state index contributed by atoms with van der Waals surface area (Å²) >= 11 is 0. The lowest BCUT2D eigenvalue weighted by molar-refractivity contribution is -0.128. The summed E-state index contributed by atoms with van der Waals surface area (Å²) in [5.74, 6) is 1.32. The molecule has 0 aromatic heterocycles. The van der Waals surface area contributed by atoms with Crippen LogP contribution >= 0.6 is 0 Å². The second kappa shape index (κ2) is 10.0. The first kappa shape index (κ1) is 20.1. The SMILES string of the molecule is CC[C@@H](Oc1ccc(OC)cc1)C(=O)NCc1ccc(N2CCCCC2)cc1. The molecular weight excluding hydrogens is 352 g/mol. The van der Waals surface area contributed by atoms with Crippen LogP contribution in [0, 0.1) is 0 Å². The van der Waals surface area contributed by atoms with Crippen molar-refractivity contribution in [1.29, 1.82) is 0 Å². The number of hydrogen-bond donors (Lipinski definition) is 1. The van der Waals surface area contributed by atoms with Gasteiger partial charge in [-0.15, -0.1) is 0 Å². The van der Waals surface area contributed by atoms with Crippen LogP contribution in [0.2, 0.25) is 0 Å². The van der Waals surface area contributed by atoms with Crippen LogP contribution in [0.1, 0.15) is 38.2 Å². The Morgan fingerprint density at radius 3 is 2.25 bits per heavy atom. The molecule has 1 saturated heterocycles. The van der Waals surface area contributed by atoms with Crippen molar-refractivity contribution in [3.05, 3.63) is 54.1 Å². The third-order valence-corrected chi connectivity index (χ3v) is 5.13. The molecule has 1 fully saturated rings. The summed E-state index contributed by atoms with van der Waals surface area (Å²) in [5.41, 5.74) is 2.36. The monoisotopic (exact) mass is 382 g/mol. The molecule has 1 atom stereocenters. The molecule has 1 aliphatic rings. The average molecular weight is 383 g/mol. The number of carbonyl (C=O) groups is 1. The zero-order valence-corrected chi connectivity index (χ0v) is 16.8. The maximum absolute atomic E-state index is 12.5. The fourth-order valence-corrected chi connectivity index (χ4v) is 3.42. The van der Waals surface area contributed by atoms with Gasteiger partial charge in [-0.2, -0.15) is 0 Å². The minimum absolute atomic E-state index is 0.0987. The lowest BCUT2D eigenvalue weighted by atomic mass is 10.1. The maximum Gasteiger partial charge on any atom is 0.261 e. The molecule has 0 aliphatic carbocycles. The van der Waals surface area contributed by atoms with Gasteiger partial charge in [-0.3, -0.25) is 4.79 Å². The standard InChI is InChI=1S/C23H30N2O3/c1-3-22(28-21-13-11-20(27-2)12-14-21)23(26)24-17-18-7-9-19(10-8-18)25-15-5-4-6-16-25/h7-14,22H,3-6,15-17H2,1-2H3,(H,24,26)/t22-/m1/s1. The van der Waals surface area contributed by atoms with Gasteiger partial charge < -0.3 is 19.7 Å². The maximum atomic E-state index is 12.5. The first-order chi connectivity index (χ1) is 13.7. The number of methoxy groups -OCH3 is 1. The molecule has 5 heteroatoms. The van der Waals surface area contributed by atoms with Crippen LogP contribution in [0.5, 0.6) is 11.5 Å². The molecule has 0 bridgehead atoms. The summed E-state index contributed by atoms with van der Waals surface area (Å²) in [6.07, 6.45) is 3.96. The van der Waals surface area contributed by atoms with E-state index in [1.165, 1.54) is 24.9 Å². The zero-order chi connectivity index (χ0) is 19.8. The average Bonchev–Trinajstić information content (AvgIpc) is 2.77. The van der Waals surface area contributed by atoms with Gasteiger partial charge in [-0.05, 0) is 67.6 Å². The number of ether oxygens (including phenoxy) is 2. The van der Waals surface area contributed by atoms with Crippen molar-refractivity contribution in [2.45, 2.75) is 45.3 Å². The molecule has 1 heterocycles. The summed E-state index contributed by atoms with van der Waals surface area (Å²) < 4.78 is 11.0. The number of anilines is 1. The highest BCUT2D eigenvalue weighted by Crippen LogP contribution is 2.21. The third-order valence-electron chi connectivity index (χ3n) is 5.13. The quantitative estimate of drug-likeness (QED) is 0.745. The number of rotatable bonds is 8. The molecule has 150 valence electrons. The molecule has 0 unspecified atom stereocenters. The molecule has 0 saturated carbocycles. The van der Waals surface area contributed by atoms with Gasteiger partial charge >= 0.3 is 0 Å². The van der Waals surface area contributed by atoms with Crippen LogP contribution < -0.4 is 19.7 Å². The van der Waals surface area contributed by atoms with Gasteiger partial charge in [0.2, 0.25) is 0 Å². The van der Waals surface area contributed by atoms with Gasteiger partial charge in [0, 0.05) is 25.3 Å². The van der Waals surface area contributed by atoms with Crippen molar-refractivity contribution in [2.75, 3.05) is 25.1 Å². The number of carbonyl (C=O) groups excluding carboxylic acids is 1. The summed E-state index contributed by atoms with van der Waals surface area (Å²) in [7, 11) is 1.62. The minimum Gasteiger partial charge on any atom is -0.497 e. The number of hydrogen-bond acceptors (Lipinski definition) is 4. The van der Waals surface area contributed by atoms with E-state index in [0.717, 1.165) is 24.4 Å². The Bertz CT molecular complexity index is 737. The summed E-state index contributed by atoms with van der Waals surface area (Å²) in [6.45, 7) is 4.72. The minimum atomic E-state index is -0.513. The van der Waals surface area contributed by atoms with E-state index in [-0.39, 0.29) is 5.91 Å². The molecule has 5 nitrogen and oxygen atoms in total. The van der Waals surface area contributed by atoms with Crippen molar-refractivity contribution in [1.82, 2.24) is 5.32 Å². The second-order valence-corrected chi connectivity index (χ2v) is 7.12. The largest absolute Gasteiger partial charge is 0.497 e. The second-order valence-electron chi connectivity index (χ2n) is 7.12. The summed E-state index contributed by atoms with van der Waals surface area (Å²) in [5, 5.41) is 2.99. The van der Waals surface area contributed by atoms with E-state index in [0.29, 0.717) is 18.7 Å². The van der Waals surface area contributed by atoms with Crippen molar-refractivity contribution in [3.8, 4) is 11.5 Å². The Morgan fingerprint density at radius 1 is 1.00 bits per heavy atom. The zero-order valence-electron chi connectivity index (χ0n) is 16.8. The summed E-state index contributed by atoms with van der Waals surface area (Å²) in [6, 6.07) is 15.8. The Kier molecular flexibility index (Phi) is 7.18. The van der Waals surface area contributed by atoms with E-state index in [4.69, 9.17) is 9.47 Å². The molecule has 1 N–H and O–H groups in total. The van der Waals surface area contributed by atoms with Gasteiger partial charge in [0.05, 0.1) is 7.11 Å². The fraction of sp³-hybridized carbons (Fsp3) is 0.435. The highest BCUT2D eigenvalue weighted by atomic mass is 16.5. The van der Waals surface area contributed by atoms with Crippen LogP contribution in [0.4, 0.5) is 5.69 Å². The predicted molar refractivity (Wildman–Crippen MR) is 112 cm³/mol. The van der Waals surface area contributed by atoms with Crippen LogP contribution in [0.3, 0.4) is 0 Å². The Labute approximate surface area is 167 Å². The Morgan fingerprint density at radius 2 is 1.64 bits per heavy atom. The first-order valence-electron chi connectivity index (χ1n) is 10.1. The highest BCUT2D eigenvalue weighted by molar-refractivity contribution is 5.81. The van der Waals surface area contributed by atoms with E-state index in [1.807, 2.05) is 31.2 Å². The molecule has 3 rings (SSSR count). The lowest BCUT2D eigenvalue weighted by Crippen LogP contribution is -2.37.